The molecular weight excluding hydrogens is 334 g/mol. The third kappa shape index (κ3) is 2.87. The molecule has 0 saturated carbocycles. The number of aryl methyl sites for hydroxylation is 1. The highest BCUT2D eigenvalue weighted by atomic mass is 32.1. The van der Waals surface area contributed by atoms with Gasteiger partial charge in [-0.1, -0.05) is 52.0 Å². The van der Waals surface area contributed by atoms with Crippen LogP contribution in [0.4, 0.5) is 0 Å². The lowest BCUT2D eigenvalue weighted by molar-refractivity contribution is 0.696. The lowest BCUT2D eigenvalue weighted by Crippen LogP contribution is -2.18. The van der Waals surface area contributed by atoms with Crippen molar-refractivity contribution in [2.24, 2.45) is 5.92 Å². The van der Waals surface area contributed by atoms with Gasteiger partial charge in [-0.15, -0.1) is 11.3 Å². The van der Waals surface area contributed by atoms with Crippen LogP contribution in [0.2, 0.25) is 0 Å². The molecule has 2 heterocycles. The van der Waals surface area contributed by atoms with Crippen LogP contribution in [0, 0.1) is 12.8 Å². The van der Waals surface area contributed by atoms with Crippen LogP contribution in [-0.2, 0) is 0 Å². The Morgan fingerprint density at radius 1 is 1.00 bits per heavy atom. The summed E-state index contributed by atoms with van der Waals surface area (Å²) < 4.78 is 2.85. The van der Waals surface area contributed by atoms with Crippen LogP contribution in [-0.4, -0.2) is 0 Å². The van der Waals surface area contributed by atoms with E-state index in [9.17, 15) is 0 Å². The van der Waals surface area contributed by atoms with Crippen LogP contribution in [0.3, 0.4) is 0 Å². The van der Waals surface area contributed by atoms with Crippen molar-refractivity contribution in [2.45, 2.75) is 46.6 Å². The van der Waals surface area contributed by atoms with Crippen molar-refractivity contribution in [1.29, 1.82) is 0 Å². The van der Waals surface area contributed by atoms with Crippen molar-refractivity contribution in [3.8, 4) is 0 Å². The van der Waals surface area contributed by atoms with E-state index in [-0.39, 0.29) is 6.04 Å². The molecule has 1 aromatic heterocycles. The van der Waals surface area contributed by atoms with Gasteiger partial charge in [0, 0.05) is 20.2 Å². The van der Waals surface area contributed by atoms with Crippen LogP contribution in [0.1, 0.15) is 56.3 Å². The second-order valence-electron chi connectivity index (χ2n) is 7.98. The third-order valence-electron chi connectivity index (χ3n) is 5.45. The van der Waals surface area contributed by atoms with Crippen LogP contribution < -0.4 is 5.32 Å². The number of allylic oxidation sites excluding steroid dienone is 2. The Bertz CT molecular complexity index is 1030. The first-order valence-corrected chi connectivity index (χ1v) is 10.4. The van der Waals surface area contributed by atoms with E-state index in [2.05, 4.69) is 88.6 Å². The Hall–Kier alpha value is -2.06. The van der Waals surface area contributed by atoms with E-state index in [1.54, 1.807) is 0 Å². The first-order valence-electron chi connectivity index (χ1n) is 9.55. The van der Waals surface area contributed by atoms with Crippen molar-refractivity contribution in [3.63, 3.8) is 0 Å². The SMILES string of the molecule is Cc1cc2sc3c(C(C)C)cccc3c2cc1C1C=C(C(C)C)C=CN1. The monoisotopic (exact) mass is 361 g/mol. The summed E-state index contributed by atoms with van der Waals surface area (Å²) in [4.78, 5) is 0. The standard InChI is InChI=1S/C24H27NS/c1-14(2)17-9-10-25-22(12-17)20-13-21-19-8-6-7-18(15(3)4)24(19)26-23(21)11-16(20)5/h6-15,22,25H,1-5H3. The van der Waals surface area contributed by atoms with Crippen molar-refractivity contribution in [3.05, 3.63) is 70.9 Å². The largest absolute Gasteiger partial charge is 0.381 e. The van der Waals surface area contributed by atoms with Crippen molar-refractivity contribution in [2.75, 3.05) is 0 Å². The highest BCUT2D eigenvalue weighted by molar-refractivity contribution is 7.26. The molecule has 134 valence electrons. The number of nitrogens with one attached hydrogen (secondary N) is 1. The molecule has 0 aliphatic carbocycles. The second-order valence-corrected chi connectivity index (χ2v) is 9.04. The van der Waals surface area contributed by atoms with Gasteiger partial charge in [-0.05, 0) is 65.4 Å². The predicted octanol–water partition coefficient (Wildman–Crippen LogP) is 7.23. The zero-order valence-electron chi connectivity index (χ0n) is 16.3. The topological polar surface area (TPSA) is 12.0 Å². The lowest BCUT2D eigenvalue weighted by atomic mass is 9.92. The van der Waals surface area contributed by atoms with Crippen LogP contribution >= 0.6 is 11.3 Å². The Morgan fingerprint density at radius 2 is 1.81 bits per heavy atom. The zero-order chi connectivity index (χ0) is 18.4. The van der Waals surface area contributed by atoms with E-state index in [0.29, 0.717) is 11.8 Å². The fourth-order valence-electron chi connectivity index (χ4n) is 3.88. The minimum atomic E-state index is 0.255. The first-order chi connectivity index (χ1) is 12.5. The third-order valence-corrected chi connectivity index (χ3v) is 6.67. The molecule has 0 fully saturated rings. The van der Waals surface area contributed by atoms with Crippen LogP contribution in [0.5, 0.6) is 0 Å². The molecule has 26 heavy (non-hydrogen) atoms. The number of rotatable bonds is 3. The predicted molar refractivity (Wildman–Crippen MR) is 116 cm³/mol. The molecule has 1 atom stereocenters. The van der Waals surface area contributed by atoms with Crippen LogP contribution in [0.25, 0.3) is 20.2 Å². The highest BCUT2D eigenvalue weighted by Gasteiger charge is 2.18. The van der Waals surface area contributed by atoms with Gasteiger partial charge in [-0.25, -0.2) is 0 Å². The molecule has 2 aromatic carbocycles. The average Bonchev–Trinajstić information content (AvgIpc) is 2.98. The van der Waals surface area contributed by atoms with E-state index in [1.807, 2.05) is 11.3 Å². The molecule has 3 aromatic rings. The molecular formula is C24H27NS. The van der Waals surface area contributed by atoms with Gasteiger partial charge in [0.25, 0.3) is 0 Å². The summed E-state index contributed by atoms with van der Waals surface area (Å²) in [5.74, 6) is 1.10. The fourth-order valence-corrected chi connectivity index (χ4v) is 5.33. The van der Waals surface area contributed by atoms with Gasteiger partial charge in [0.15, 0.2) is 0 Å². The maximum Gasteiger partial charge on any atom is 0.0701 e. The number of thiophene rings is 1. The minimum Gasteiger partial charge on any atom is -0.381 e. The lowest BCUT2D eigenvalue weighted by Gasteiger charge is -2.23. The second kappa shape index (κ2) is 6.59. The molecule has 0 spiro atoms. The highest BCUT2D eigenvalue weighted by Crippen LogP contribution is 2.40. The van der Waals surface area contributed by atoms with Gasteiger partial charge < -0.3 is 5.32 Å². The smallest absolute Gasteiger partial charge is 0.0701 e. The molecule has 1 N–H and O–H groups in total. The normalized spacial score (nSPS) is 17.3. The van der Waals surface area contributed by atoms with E-state index in [0.717, 1.165) is 0 Å². The molecule has 0 bridgehead atoms. The summed E-state index contributed by atoms with van der Waals surface area (Å²) in [5, 5.41) is 6.33. The van der Waals surface area contributed by atoms with Crippen molar-refractivity contribution >= 4 is 31.5 Å². The molecule has 0 amide bonds. The summed E-state index contributed by atoms with van der Waals surface area (Å²) in [6.45, 7) is 11.3. The Morgan fingerprint density at radius 3 is 2.54 bits per heavy atom. The molecule has 2 heteroatoms. The number of hydrogen-bond donors (Lipinski definition) is 1. The van der Waals surface area contributed by atoms with E-state index in [4.69, 9.17) is 0 Å². The van der Waals surface area contributed by atoms with Gasteiger partial charge in [0.2, 0.25) is 0 Å². The summed E-state index contributed by atoms with van der Waals surface area (Å²) in [6, 6.07) is 11.8. The van der Waals surface area contributed by atoms with Crippen LogP contribution in [0.15, 0.2) is 54.3 Å². The van der Waals surface area contributed by atoms with Crippen molar-refractivity contribution in [1.82, 2.24) is 5.32 Å². The maximum absolute atomic E-state index is 3.54. The zero-order valence-corrected chi connectivity index (χ0v) is 17.1. The van der Waals surface area contributed by atoms with E-state index < -0.39 is 0 Å². The maximum atomic E-state index is 3.54. The van der Waals surface area contributed by atoms with Gasteiger partial charge >= 0.3 is 0 Å². The first kappa shape index (κ1) is 17.4. The summed E-state index contributed by atoms with van der Waals surface area (Å²) in [5.41, 5.74) is 5.62. The van der Waals surface area contributed by atoms with E-state index in [1.165, 1.54) is 42.4 Å². The molecule has 0 saturated heterocycles. The Balaban J connectivity index is 1.90. The average molecular weight is 362 g/mol. The summed E-state index contributed by atoms with van der Waals surface area (Å²) >= 11 is 1.94. The Labute approximate surface area is 160 Å². The fraction of sp³-hybridized carbons (Fsp3) is 0.333. The molecule has 4 rings (SSSR count). The molecule has 1 aliphatic rings. The number of hydrogen-bond acceptors (Lipinski definition) is 2. The van der Waals surface area contributed by atoms with E-state index >= 15 is 0 Å². The summed E-state index contributed by atoms with van der Waals surface area (Å²) in [7, 11) is 0. The van der Waals surface area contributed by atoms with Gasteiger partial charge in [-0.2, -0.15) is 0 Å². The number of benzene rings is 2. The number of fused-ring (bicyclic) bond motifs is 3. The number of dihydropyridines is 1. The van der Waals surface area contributed by atoms with Gasteiger partial charge in [0.1, 0.15) is 0 Å². The quantitative estimate of drug-likeness (QED) is 0.519. The minimum absolute atomic E-state index is 0.255. The van der Waals surface area contributed by atoms with Gasteiger partial charge in [-0.3, -0.25) is 0 Å². The summed E-state index contributed by atoms with van der Waals surface area (Å²) in [6.07, 6.45) is 6.68. The van der Waals surface area contributed by atoms with Gasteiger partial charge in [0.05, 0.1) is 6.04 Å². The molecule has 1 aliphatic heterocycles. The molecule has 0 radical (unpaired) electrons. The molecule has 1 nitrogen and oxygen atoms in total. The Kier molecular flexibility index (Phi) is 4.40. The molecule has 1 unspecified atom stereocenters. The van der Waals surface area contributed by atoms with Crippen molar-refractivity contribution < 1.29 is 0 Å².